The highest BCUT2D eigenvalue weighted by molar-refractivity contribution is 5.98. The maximum atomic E-state index is 9.84. The molecule has 0 aromatic heterocycles. The molecule has 0 saturated carbocycles. The summed E-state index contributed by atoms with van der Waals surface area (Å²) >= 11 is 0. The molecule has 0 aromatic rings. The van der Waals surface area contributed by atoms with Gasteiger partial charge in [0.05, 0.1) is 6.61 Å². The van der Waals surface area contributed by atoms with E-state index >= 15 is 0 Å². The Kier molecular flexibility index (Phi) is 2.44. The van der Waals surface area contributed by atoms with E-state index in [1.807, 2.05) is 31.9 Å². The average Bonchev–Trinajstić information content (AvgIpc) is 2.15. The predicted octanol–water partition coefficient (Wildman–Crippen LogP) is 0.584. The van der Waals surface area contributed by atoms with Crippen molar-refractivity contribution in [3.05, 3.63) is 11.8 Å². The van der Waals surface area contributed by atoms with Crippen molar-refractivity contribution in [3.63, 3.8) is 0 Å². The van der Waals surface area contributed by atoms with Crippen molar-refractivity contribution in [1.82, 2.24) is 10.4 Å². The minimum atomic E-state index is -0.835. The van der Waals surface area contributed by atoms with Crippen molar-refractivity contribution in [1.29, 1.82) is 0 Å². The maximum Gasteiger partial charge on any atom is 0.227 e. The number of nitrogens with zero attached hydrogens (tertiary/aromatic N) is 2. The first-order chi connectivity index (χ1) is 6.98. The van der Waals surface area contributed by atoms with Crippen LogP contribution in [0.1, 0.15) is 27.2 Å². The van der Waals surface area contributed by atoms with E-state index in [0.717, 1.165) is 12.0 Å². The van der Waals surface area contributed by atoms with Crippen LogP contribution in [-0.2, 0) is 4.84 Å². The molecule has 84 valence electrons. The molecular weight excluding hydrogens is 194 g/mol. The van der Waals surface area contributed by atoms with Crippen LogP contribution < -0.4 is 5.48 Å². The first-order valence-corrected chi connectivity index (χ1v) is 5.12. The van der Waals surface area contributed by atoms with Gasteiger partial charge in [0.25, 0.3) is 0 Å². The van der Waals surface area contributed by atoms with Crippen LogP contribution in [0.15, 0.2) is 16.8 Å². The van der Waals surface area contributed by atoms with Gasteiger partial charge in [0.1, 0.15) is 0 Å². The summed E-state index contributed by atoms with van der Waals surface area (Å²) in [4.78, 5) is 11.0. The van der Waals surface area contributed by atoms with Crippen molar-refractivity contribution in [3.8, 4) is 0 Å². The van der Waals surface area contributed by atoms with Crippen LogP contribution in [0.5, 0.6) is 0 Å². The van der Waals surface area contributed by atoms with Crippen LogP contribution in [0.3, 0.4) is 0 Å². The third-order valence-corrected chi connectivity index (χ3v) is 2.51. The predicted molar refractivity (Wildman–Crippen MR) is 56.8 cm³/mol. The Hall–Kier alpha value is -1.07. The molecule has 0 aliphatic carbocycles. The van der Waals surface area contributed by atoms with E-state index in [2.05, 4.69) is 10.5 Å². The van der Waals surface area contributed by atoms with Crippen molar-refractivity contribution >= 4 is 5.84 Å². The van der Waals surface area contributed by atoms with Gasteiger partial charge < -0.3 is 10.0 Å². The molecule has 0 amide bonds. The fraction of sp³-hybridized carbons (Fsp3) is 0.700. The van der Waals surface area contributed by atoms with Gasteiger partial charge in [-0.15, -0.1) is 0 Å². The number of fused-ring (bicyclic) bond motifs is 1. The average molecular weight is 211 g/mol. The largest absolute Gasteiger partial charge is 0.355 e. The van der Waals surface area contributed by atoms with Gasteiger partial charge in [-0.1, -0.05) is 0 Å². The minimum Gasteiger partial charge on any atom is -0.355 e. The Morgan fingerprint density at radius 2 is 2.33 bits per heavy atom. The normalized spacial score (nSPS) is 26.4. The van der Waals surface area contributed by atoms with E-state index in [1.54, 1.807) is 0 Å². The van der Waals surface area contributed by atoms with Crippen LogP contribution in [-0.4, -0.2) is 34.3 Å². The molecule has 2 aliphatic heterocycles. The van der Waals surface area contributed by atoms with Gasteiger partial charge in [0.15, 0.2) is 5.84 Å². The Balaban J connectivity index is 2.26. The molecule has 2 heterocycles. The summed E-state index contributed by atoms with van der Waals surface area (Å²) in [5.74, 6) is 0.647. The number of hydrogen-bond donors (Lipinski definition) is 2. The number of amidine groups is 1. The zero-order chi connectivity index (χ0) is 11.1. The van der Waals surface area contributed by atoms with E-state index in [9.17, 15) is 5.11 Å². The molecule has 5 nitrogen and oxygen atoms in total. The number of aliphatic hydroxyl groups is 1. The van der Waals surface area contributed by atoms with E-state index in [1.165, 1.54) is 0 Å². The highest BCUT2D eigenvalue weighted by atomic mass is 16.6. The number of aliphatic imine (C=N–C) groups is 1. The lowest BCUT2D eigenvalue weighted by Crippen LogP contribution is -2.49. The molecule has 1 fully saturated rings. The monoisotopic (exact) mass is 211 g/mol. The molecular formula is C10H17N3O2. The lowest BCUT2D eigenvalue weighted by atomic mass is 10.0. The van der Waals surface area contributed by atoms with Gasteiger partial charge in [-0.3, -0.25) is 4.84 Å². The molecule has 15 heavy (non-hydrogen) atoms. The van der Waals surface area contributed by atoms with Crippen molar-refractivity contribution in [2.75, 3.05) is 6.61 Å². The standard InChI is InChI=1S/C10H17N3O2/c1-10(2,3)13-6-7-4-5-15-12-8(7)11-9(13)14/h6,9,14H,4-5H2,1-3H3,(H,11,12). The lowest BCUT2D eigenvalue weighted by molar-refractivity contribution is -0.0151. The summed E-state index contributed by atoms with van der Waals surface area (Å²) in [5, 5.41) is 9.84. The summed E-state index contributed by atoms with van der Waals surface area (Å²) in [7, 11) is 0. The third-order valence-electron chi connectivity index (χ3n) is 2.51. The maximum absolute atomic E-state index is 9.84. The molecule has 1 atom stereocenters. The van der Waals surface area contributed by atoms with Gasteiger partial charge in [-0.2, -0.15) is 0 Å². The number of nitrogens with one attached hydrogen (secondary N) is 1. The van der Waals surface area contributed by atoms with Crippen molar-refractivity contribution < 1.29 is 9.94 Å². The van der Waals surface area contributed by atoms with E-state index in [0.29, 0.717) is 12.4 Å². The molecule has 0 spiro atoms. The first-order valence-electron chi connectivity index (χ1n) is 5.12. The Morgan fingerprint density at radius 1 is 1.60 bits per heavy atom. The Labute approximate surface area is 89.4 Å². The number of hydrogen-bond acceptors (Lipinski definition) is 5. The summed E-state index contributed by atoms with van der Waals surface area (Å²) < 4.78 is 0. The number of rotatable bonds is 0. The van der Waals surface area contributed by atoms with Crippen LogP contribution in [0.25, 0.3) is 0 Å². The molecule has 0 radical (unpaired) electrons. The van der Waals surface area contributed by atoms with Crippen molar-refractivity contribution in [2.24, 2.45) is 4.99 Å². The lowest BCUT2D eigenvalue weighted by Gasteiger charge is -2.40. The quantitative estimate of drug-likeness (QED) is 0.615. The second kappa shape index (κ2) is 3.50. The summed E-state index contributed by atoms with van der Waals surface area (Å²) in [6.45, 7) is 6.76. The third kappa shape index (κ3) is 1.98. The fourth-order valence-corrected chi connectivity index (χ4v) is 1.65. The SMILES string of the molecule is CC(C)(C)N1C=C2CCONC2=NC1O. The van der Waals surface area contributed by atoms with Crippen LogP contribution in [0, 0.1) is 0 Å². The van der Waals surface area contributed by atoms with E-state index in [4.69, 9.17) is 4.84 Å². The van der Waals surface area contributed by atoms with E-state index in [-0.39, 0.29) is 5.54 Å². The Bertz CT molecular complexity index is 317. The molecule has 2 rings (SSSR count). The summed E-state index contributed by atoms with van der Waals surface area (Å²) in [6, 6.07) is 0. The smallest absolute Gasteiger partial charge is 0.227 e. The highest BCUT2D eigenvalue weighted by Crippen LogP contribution is 2.24. The van der Waals surface area contributed by atoms with Crippen LogP contribution >= 0.6 is 0 Å². The molecule has 2 aliphatic rings. The molecule has 5 heteroatoms. The van der Waals surface area contributed by atoms with Gasteiger partial charge >= 0.3 is 0 Å². The summed E-state index contributed by atoms with van der Waals surface area (Å²) in [5.41, 5.74) is 3.66. The van der Waals surface area contributed by atoms with Gasteiger partial charge in [0, 0.05) is 23.7 Å². The van der Waals surface area contributed by atoms with Crippen LogP contribution in [0.2, 0.25) is 0 Å². The highest BCUT2D eigenvalue weighted by Gasteiger charge is 2.30. The van der Waals surface area contributed by atoms with Gasteiger partial charge in [-0.25, -0.2) is 10.5 Å². The fourth-order valence-electron chi connectivity index (χ4n) is 1.65. The van der Waals surface area contributed by atoms with Gasteiger partial charge in [0.2, 0.25) is 6.35 Å². The van der Waals surface area contributed by atoms with Crippen LogP contribution in [0.4, 0.5) is 0 Å². The molecule has 0 aromatic carbocycles. The Morgan fingerprint density at radius 3 is 3.00 bits per heavy atom. The second-order valence-electron chi connectivity index (χ2n) is 4.76. The topological polar surface area (TPSA) is 57.1 Å². The molecule has 1 unspecified atom stereocenters. The zero-order valence-corrected chi connectivity index (χ0v) is 9.32. The second-order valence-corrected chi connectivity index (χ2v) is 4.76. The molecule has 0 bridgehead atoms. The van der Waals surface area contributed by atoms with Crippen molar-refractivity contribution in [2.45, 2.75) is 39.1 Å². The van der Waals surface area contributed by atoms with E-state index < -0.39 is 6.35 Å². The number of aliphatic hydroxyl groups excluding tert-OH is 1. The zero-order valence-electron chi connectivity index (χ0n) is 9.32. The first kappa shape index (κ1) is 10.4. The molecule has 2 N–H and O–H groups in total. The minimum absolute atomic E-state index is 0.139. The number of hydroxylamine groups is 1. The molecule has 1 saturated heterocycles. The summed E-state index contributed by atoms with van der Waals surface area (Å²) in [6.07, 6.45) is 1.95. The van der Waals surface area contributed by atoms with Gasteiger partial charge in [-0.05, 0) is 20.8 Å².